The Balaban J connectivity index is -0.000000627. The van der Waals surface area contributed by atoms with Gasteiger partial charge in [-0.15, -0.1) is 0 Å². The molecular weight excluding hydrogens is 2580 g/mol. The van der Waals surface area contributed by atoms with Gasteiger partial charge in [-0.1, -0.05) is 243 Å². The molecule has 0 aliphatic carbocycles. The molecule has 0 saturated heterocycles. The Bertz CT molecular complexity index is 4810. The first-order chi connectivity index (χ1) is 60.2. The van der Waals surface area contributed by atoms with Crippen molar-refractivity contribution < 1.29 is 170 Å². The van der Waals surface area contributed by atoms with Gasteiger partial charge in [-0.05, 0) is 255 Å². The van der Waals surface area contributed by atoms with Crippen molar-refractivity contribution in [2.45, 2.75) is 111 Å². The first-order valence-corrected chi connectivity index (χ1v) is 52.2. The number of ether oxygens (including phenoxy) is 2. The number of benzene rings is 8. The third-order valence-electron chi connectivity index (χ3n) is 19.7. The maximum atomic E-state index is 9.87. The third-order valence-corrected chi connectivity index (χ3v) is 29.8. The van der Waals surface area contributed by atoms with E-state index in [1.54, 1.807) is 0 Å². The summed E-state index contributed by atoms with van der Waals surface area (Å²) in [6.07, 6.45) is 3.98. The molecule has 0 unspecified atom stereocenters. The van der Waals surface area contributed by atoms with Gasteiger partial charge < -0.3 is 118 Å². The van der Waals surface area contributed by atoms with Crippen LogP contribution >= 0.6 is 47.3 Å². The van der Waals surface area contributed by atoms with Crippen LogP contribution in [0, 0.1) is 83.1 Å². The molecule has 0 fully saturated rings. The van der Waals surface area contributed by atoms with Crippen molar-refractivity contribution in [2.75, 3.05) is 64.7 Å². The molecule has 0 aliphatic rings. The van der Waals surface area contributed by atoms with Crippen LogP contribution in [0.3, 0.4) is 0 Å². The van der Waals surface area contributed by atoms with Crippen LogP contribution in [0.4, 0.5) is 50.4 Å². The molecule has 786 valence electrons. The Morgan fingerprint density at radius 2 is 0.357 bits per heavy atom. The number of halogens is 12. The summed E-state index contributed by atoms with van der Waals surface area (Å²) in [5.41, 5.74) is 12.8. The minimum atomic E-state index is -10.7. The number of aromatic nitrogens is 12. The number of hydrogen-bond donors (Lipinski definition) is 0. The molecule has 0 amide bonds. The van der Waals surface area contributed by atoms with Gasteiger partial charge in [0.15, 0.2) is 0 Å². The topological polar surface area (TPSA) is 132 Å². The van der Waals surface area contributed by atoms with E-state index in [2.05, 4.69) is 358 Å². The van der Waals surface area contributed by atoms with E-state index in [1.165, 1.54) is 42.4 Å². The van der Waals surface area contributed by atoms with Gasteiger partial charge >= 0.3 is 148 Å². The monoisotopic (exact) mass is 2700 g/mol. The van der Waals surface area contributed by atoms with E-state index in [0.29, 0.717) is 0 Å². The van der Waals surface area contributed by atoms with Gasteiger partial charge in [0.2, 0.25) is 0 Å². The van der Waals surface area contributed by atoms with E-state index >= 15 is 0 Å². The van der Waals surface area contributed by atoms with Gasteiger partial charge in [-0.25, -0.2) is 30.6 Å². The minimum Gasteiger partial charge on any atom is -2.00 e. The van der Waals surface area contributed by atoms with E-state index in [0.717, 1.165) is 133 Å². The van der Waals surface area contributed by atoms with Crippen molar-refractivity contribution in [3.05, 3.63) is 347 Å². The summed E-state index contributed by atoms with van der Waals surface area (Å²) in [6.45, 7) is 37.9. The summed E-state index contributed by atoms with van der Waals surface area (Å²) in [6, 6.07) is 103. The molecule has 0 bridgehead atoms. The summed E-state index contributed by atoms with van der Waals surface area (Å²) in [5.74, 6) is 0. The molecule has 140 heavy (non-hydrogen) atoms. The van der Waals surface area contributed by atoms with Crippen LogP contribution in [0.1, 0.15) is 96.0 Å². The van der Waals surface area contributed by atoms with Gasteiger partial charge in [0, 0.05) is 107 Å². The van der Waals surface area contributed by atoms with Gasteiger partial charge in [0.1, 0.15) is 0 Å². The zero-order valence-electron chi connectivity index (χ0n) is 79.8. The second kappa shape index (κ2) is 66.0. The van der Waals surface area contributed by atoms with E-state index < -0.39 is 61.5 Å². The SMILES string of the molecule is CCOCC.CCOCC.Cc1cc(C)n([BH-](n2nc(C)cc2C)n2nc(C)cc2C)n1.Cc1cc(C)n([BH-](n2nc(C)cc2C)n2nc(C)cc2C)n1.F[P-](F)(F)(F)(F)F.F[P-](F)(F)(F)(F)F.[Cu+2].[Cu+2].[Cu+2].[Cu+2].[S-2].[S-2].[S-2].[S-2].[S-2].[S-2].[W].[W].c1ccc(P(CN(CCN(CP(c2ccccc2)c2ccccc2)CP(c2ccccc2)c2ccccc2)CP(c2ccccc2)c2ccccc2)c2ccccc2)cc1. The second-order valence-corrected chi connectivity index (χ2v) is 43.2. The van der Waals surface area contributed by atoms with E-state index in [9.17, 15) is 50.4 Å². The first-order valence-electron chi connectivity index (χ1n) is 42.0. The molecule has 14 aromatic rings. The summed E-state index contributed by atoms with van der Waals surface area (Å²) >= 11 is 0. The summed E-state index contributed by atoms with van der Waals surface area (Å²) in [7, 11) is -26.4. The van der Waals surface area contributed by atoms with Crippen LogP contribution in [0.15, 0.2) is 279 Å². The molecule has 0 atom stereocenters. The fraction of sp³-hybridized carbons (Fsp3) is 0.283. The maximum absolute atomic E-state index is 10.7. The molecule has 0 aliphatic heterocycles. The number of nitrogens with zero attached hydrogens (tertiary/aromatic N) is 14. The van der Waals surface area contributed by atoms with Crippen molar-refractivity contribution in [1.82, 2.24) is 67.9 Å². The molecule has 6 aromatic heterocycles. The first kappa shape index (κ1) is 145. The fourth-order valence-electron chi connectivity index (χ4n) is 14.5. The minimum absolute atomic E-state index is 0. The normalized spacial score (nSPS) is 11.5. The molecule has 0 N–H and O–H groups in total. The van der Waals surface area contributed by atoms with E-state index in [4.69, 9.17) is 40.1 Å². The molecule has 48 heteroatoms. The Labute approximate surface area is 936 Å². The number of aryl methyl sites for hydroxylation is 12. The van der Waals surface area contributed by atoms with Crippen molar-refractivity contribution in [3.63, 3.8) is 0 Å². The Hall–Kier alpha value is -3.72. The van der Waals surface area contributed by atoms with Crippen LogP contribution in [-0.4, -0.2) is 147 Å². The van der Waals surface area contributed by atoms with Gasteiger partial charge in [-0.2, -0.15) is 0 Å². The molecule has 8 aromatic carbocycles. The van der Waals surface area contributed by atoms with Crippen LogP contribution in [-0.2, 0) is 201 Å². The number of rotatable bonds is 29. The van der Waals surface area contributed by atoms with Gasteiger partial charge in [0.25, 0.3) is 0 Å². The number of hydrogen-bond acceptors (Lipinski definition) is 10. The predicted octanol–water partition coefficient (Wildman–Crippen LogP) is 22.4. The Morgan fingerprint density at radius 1 is 0.243 bits per heavy atom. The van der Waals surface area contributed by atoms with Crippen LogP contribution in [0.5, 0.6) is 0 Å². The predicted molar refractivity (Wildman–Crippen MR) is 562 cm³/mol. The summed E-state index contributed by atoms with van der Waals surface area (Å²) < 4.78 is 140. The standard InChI is InChI=1S/C54H52N2P4.2C15H22BN6.2C4H10O.4Cu.2F6P.6S.2W/c1-9-25-47(26-10-1)57(48-27-11-2-12-28-48)43-55(44-58(49-29-13-3-14-30-49)50-31-15-4-16-32-50)41-42-56(45-59(51-33-17-5-18-34-51)52-35-19-6-20-36-52)46-60(53-37-21-7-22-38-53)54-39-23-8-24-40-54;2*1-10-7-13(4)20(17-10)16(21-14(5)8-11(2)18-21)22-15(6)9-12(3)19-22;2*1-3-5-4-2;;;;;2*1-7(2,3,4,5)6;;;;;;;;/h1-40H,41-46H2;2*7-9,16H,1-6H3;2*3-4H2,1-2H3;;;;;;;;;;;;;;/q;2*-1;;;4*+2;2*-1;6*-2;;. The summed E-state index contributed by atoms with van der Waals surface area (Å²) in [5, 5.41) is 39.6. The van der Waals surface area contributed by atoms with Crippen molar-refractivity contribution in [3.8, 4) is 0 Å². The molecule has 16 nitrogen and oxygen atoms in total. The van der Waals surface area contributed by atoms with Gasteiger partial charge in [0.05, 0.1) is 34.2 Å². The van der Waals surface area contributed by atoms with Crippen molar-refractivity contribution >= 4 is 185 Å². The Morgan fingerprint density at radius 3 is 0.443 bits per heavy atom. The molecule has 6 heterocycles. The molecule has 4 radical (unpaired) electrons. The second-order valence-electron chi connectivity index (χ2n) is 30.6. The quantitative estimate of drug-likeness (QED) is 0.0254. The van der Waals surface area contributed by atoms with Crippen LogP contribution < -0.4 is 42.4 Å². The smallest absolute Gasteiger partial charge is 2.00 e. The average molecular weight is 2700 g/mol. The van der Waals surface area contributed by atoms with Crippen molar-refractivity contribution in [1.29, 1.82) is 0 Å². The maximum Gasteiger partial charge on any atom is 2.00 e. The summed E-state index contributed by atoms with van der Waals surface area (Å²) in [4.78, 5) is 5.68. The van der Waals surface area contributed by atoms with Crippen LogP contribution in [0.2, 0.25) is 0 Å². The zero-order valence-corrected chi connectivity index (χ0v) is 99.7. The van der Waals surface area contributed by atoms with Crippen molar-refractivity contribution in [2.24, 2.45) is 0 Å². The van der Waals surface area contributed by atoms with Crippen LogP contribution in [0.25, 0.3) is 0 Å². The fourth-order valence-corrected chi connectivity index (χ4v) is 24.1. The van der Waals surface area contributed by atoms with E-state index in [-0.39, 0.29) is 191 Å². The van der Waals surface area contributed by atoms with E-state index in [1.807, 2.05) is 69.2 Å². The third kappa shape index (κ3) is 52.4. The molecule has 0 saturated carbocycles. The molecular formula is C92H116B2Cu4F12N14O2P6S6W2-8. The zero-order chi connectivity index (χ0) is 93.7. The Kier molecular flexibility index (Phi) is 68.2. The largest absolute Gasteiger partial charge is 2.00 e. The molecule has 0 spiro atoms. The molecule has 14 rings (SSSR count). The average Bonchev–Trinajstić information content (AvgIpc) is 1.73. The van der Waals surface area contributed by atoms with Gasteiger partial charge in [-0.3, -0.25) is 9.80 Å².